The van der Waals surface area contributed by atoms with Crippen LogP contribution in [-0.2, 0) is 16.1 Å². The topological polar surface area (TPSA) is 92.1 Å². The van der Waals surface area contributed by atoms with Crippen molar-refractivity contribution in [2.24, 2.45) is 0 Å². The van der Waals surface area contributed by atoms with E-state index in [-0.39, 0.29) is 18.2 Å². The normalized spacial score (nSPS) is 11.4. The summed E-state index contributed by atoms with van der Waals surface area (Å²) in [4.78, 5) is 29.3. The average molecular weight is 375 g/mol. The highest BCUT2D eigenvalue weighted by Gasteiger charge is 2.19. The average Bonchev–Trinajstić information content (AvgIpc) is 3.13. The number of hydrogen-bond acceptors (Lipinski definition) is 7. The summed E-state index contributed by atoms with van der Waals surface area (Å²) in [6.07, 6.45) is 0. The number of ether oxygens (including phenoxy) is 1. The fourth-order valence-electron chi connectivity index (χ4n) is 1.89. The van der Waals surface area contributed by atoms with Crippen LogP contribution < -0.4 is 5.32 Å². The van der Waals surface area contributed by atoms with Crippen molar-refractivity contribution in [3.8, 4) is 6.07 Å². The fourth-order valence-corrected chi connectivity index (χ4v) is 3.45. The number of pyridine rings is 1. The van der Waals surface area contributed by atoms with Gasteiger partial charge in [-0.05, 0) is 37.4 Å². The molecule has 8 heteroatoms. The second kappa shape index (κ2) is 9.20. The Kier molecular flexibility index (Phi) is 6.98. The minimum Gasteiger partial charge on any atom is -0.461 e. The van der Waals surface area contributed by atoms with Gasteiger partial charge in [0.05, 0.1) is 24.0 Å². The molecular weight excluding hydrogens is 358 g/mol. The number of rotatable bonds is 7. The molecule has 0 spiro atoms. The smallest absolute Gasteiger partial charge is 0.356 e. The molecule has 2 aromatic heterocycles. The van der Waals surface area contributed by atoms with Gasteiger partial charge in [0.2, 0.25) is 5.91 Å². The Morgan fingerprint density at radius 1 is 1.44 bits per heavy atom. The van der Waals surface area contributed by atoms with Crippen LogP contribution in [0.1, 0.15) is 34.8 Å². The SMILES string of the molecule is CCOC(=O)c1ccc(C#N)c(SC(C)C(=O)NCc2cccs2)n1. The zero-order valence-corrected chi connectivity index (χ0v) is 15.4. The summed E-state index contributed by atoms with van der Waals surface area (Å²) in [5, 5.41) is 13.9. The molecule has 0 bridgehead atoms. The van der Waals surface area contributed by atoms with Crippen LogP contribution in [0, 0.1) is 11.3 Å². The van der Waals surface area contributed by atoms with Gasteiger partial charge in [-0.1, -0.05) is 17.8 Å². The summed E-state index contributed by atoms with van der Waals surface area (Å²) in [7, 11) is 0. The molecule has 1 atom stereocenters. The largest absolute Gasteiger partial charge is 0.461 e. The predicted molar refractivity (Wildman–Crippen MR) is 96.4 cm³/mol. The maximum Gasteiger partial charge on any atom is 0.356 e. The highest BCUT2D eigenvalue weighted by Crippen LogP contribution is 2.25. The number of carbonyl (C=O) groups is 2. The van der Waals surface area contributed by atoms with E-state index >= 15 is 0 Å². The van der Waals surface area contributed by atoms with E-state index in [2.05, 4.69) is 10.3 Å². The Labute approximate surface area is 154 Å². The van der Waals surface area contributed by atoms with E-state index in [1.807, 2.05) is 23.6 Å². The maximum absolute atomic E-state index is 12.2. The van der Waals surface area contributed by atoms with Crippen LogP contribution in [0.5, 0.6) is 0 Å². The molecule has 1 unspecified atom stereocenters. The Morgan fingerprint density at radius 3 is 2.88 bits per heavy atom. The van der Waals surface area contributed by atoms with Gasteiger partial charge in [0.1, 0.15) is 16.8 Å². The Bertz CT molecular complexity index is 785. The zero-order valence-electron chi connectivity index (χ0n) is 13.8. The summed E-state index contributed by atoms with van der Waals surface area (Å²) in [5.74, 6) is -0.714. The van der Waals surface area contributed by atoms with Crippen LogP contribution in [0.3, 0.4) is 0 Å². The molecule has 1 amide bonds. The van der Waals surface area contributed by atoms with Crippen LogP contribution >= 0.6 is 23.1 Å². The van der Waals surface area contributed by atoms with Crippen molar-refractivity contribution in [3.05, 3.63) is 45.8 Å². The highest BCUT2D eigenvalue weighted by molar-refractivity contribution is 8.00. The fraction of sp³-hybridized carbons (Fsp3) is 0.294. The van der Waals surface area contributed by atoms with E-state index in [0.29, 0.717) is 17.1 Å². The molecule has 0 aromatic carbocycles. The van der Waals surface area contributed by atoms with Gasteiger partial charge in [-0.15, -0.1) is 11.3 Å². The van der Waals surface area contributed by atoms with Gasteiger partial charge in [-0.2, -0.15) is 5.26 Å². The van der Waals surface area contributed by atoms with Crippen LogP contribution in [0.15, 0.2) is 34.7 Å². The van der Waals surface area contributed by atoms with E-state index < -0.39 is 11.2 Å². The van der Waals surface area contributed by atoms with Gasteiger partial charge in [0, 0.05) is 4.88 Å². The minimum absolute atomic E-state index is 0.120. The number of nitrogens with one attached hydrogen (secondary N) is 1. The molecule has 0 saturated carbocycles. The van der Waals surface area contributed by atoms with E-state index in [4.69, 9.17) is 4.74 Å². The van der Waals surface area contributed by atoms with Crippen LogP contribution in [0.25, 0.3) is 0 Å². The monoisotopic (exact) mass is 375 g/mol. The molecule has 25 heavy (non-hydrogen) atoms. The quantitative estimate of drug-likeness (QED) is 0.591. The second-order valence-corrected chi connectivity index (χ2v) is 7.30. The first-order valence-corrected chi connectivity index (χ1v) is 9.36. The zero-order chi connectivity index (χ0) is 18.2. The van der Waals surface area contributed by atoms with Crippen LogP contribution in [0.4, 0.5) is 0 Å². The number of carbonyl (C=O) groups excluding carboxylic acids is 2. The van der Waals surface area contributed by atoms with Crippen molar-refractivity contribution in [2.75, 3.05) is 6.61 Å². The molecule has 0 aliphatic carbocycles. The summed E-state index contributed by atoms with van der Waals surface area (Å²) < 4.78 is 4.92. The number of nitrogens with zero attached hydrogens (tertiary/aromatic N) is 2. The number of thioether (sulfide) groups is 1. The molecule has 6 nitrogen and oxygen atoms in total. The third-order valence-electron chi connectivity index (χ3n) is 3.14. The van der Waals surface area contributed by atoms with E-state index in [9.17, 15) is 14.9 Å². The van der Waals surface area contributed by atoms with Crippen molar-refractivity contribution < 1.29 is 14.3 Å². The number of thiophene rings is 1. The molecule has 2 aromatic rings. The molecule has 130 valence electrons. The van der Waals surface area contributed by atoms with Crippen molar-refractivity contribution in [1.29, 1.82) is 5.26 Å². The standard InChI is InChI=1S/C17H17N3O3S2/c1-3-23-17(22)14-7-6-12(9-18)16(20-14)25-11(2)15(21)19-10-13-5-4-8-24-13/h4-8,11H,3,10H2,1-2H3,(H,19,21). The molecule has 0 aliphatic rings. The lowest BCUT2D eigenvalue weighted by Gasteiger charge is -2.12. The summed E-state index contributed by atoms with van der Waals surface area (Å²) in [5.41, 5.74) is 0.436. The first-order valence-electron chi connectivity index (χ1n) is 7.60. The first-order chi connectivity index (χ1) is 12.0. The number of hydrogen-bond donors (Lipinski definition) is 1. The lowest BCUT2D eigenvalue weighted by Crippen LogP contribution is -2.30. The minimum atomic E-state index is -0.552. The van der Waals surface area contributed by atoms with Crippen LogP contribution in [0.2, 0.25) is 0 Å². The van der Waals surface area contributed by atoms with E-state index in [1.54, 1.807) is 25.2 Å². The van der Waals surface area contributed by atoms with Gasteiger partial charge in [-0.25, -0.2) is 9.78 Å². The molecule has 0 radical (unpaired) electrons. The third-order valence-corrected chi connectivity index (χ3v) is 5.12. The Morgan fingerprint density at radius 2 is 2.24 bits per heavy atom. The summed E-state index contributed by atoms with van der Waals surface area (Å²) in [6, 6.07) is 8.86. The Balaban J connectivity index is 2.06. The molecule has 1 N–H and O–H groups in total. The van der Waals surface area contributed by atoms with Crippen molar-refractivity contribution in [2.45, 2.75) is 30.7 Å². The molecule has 2 heterocycles. The Hall–Kier alpha value is -2.37. The first kappa shape index (κ1) is 19.0. The highest BCUT2D eigenvalue weighted by atomic mass is 32.2. The number of nitriles is 1. The van der Waals surface area contributed by atoms with Gasteiger partial charge in [-0.3, -0.25) is 4.79 Å². The van der Waals surface area contributed by atoms with Gasteiger partial charge >= 0.3 is 5.97 Å². The van der Waals surface area contributed by atoms with Crippen molar-refractivity contribution in [3.63, 3.8) is 0 Å². The van der Waals surface area contributed by atoms with Gasteiger partial charge in [0.25, 0.3) is 0 Å². The molecular formula is C17H17N3O3S2. The lowest BCUT2D eigenvalue weighted by molar-refractivity contribution is -0.120. The molecule has 0 fully saturated rings. The van der Waals surface area contributed by atoms with Crippen LogP contribution in [-0.4, -0.2) is 28.7 Å². The second-order valence-electron chi connectivity index (χ2n) is 4.94. The van der Waals surface area contributed by atoms with Gasteiger partial charge < -0.3 is 10.1 Å². The molecule has 0 aliphatic heterocycles. The third kappa shape index (κ3) is 5.31. The summed E-state index contributed by atoms with van der Waals surface area (Å²) >= 11 is 2.71. The van der Waals surface area contributed by atoms with Gasteiger partial charge in [0.15, 0.2) is 0 Å². The van der Waals surface area contributed by atoms with Crippen molar-refractivity contribution in [1.82, 2.24) is 10.3 Å². The maximum atomic E-state index is 12.2. The summed E-state index contributed by atoms with van der Waals surface area (Å²) in [6.45, 7) is 4.14. The molecule has 0 saturated heterocycles. The predicted octanol–water partition coefficient (Wildman–Crippen LogP) is 2.99. The number of esters is 1. The number of amides is 1. The lowest BCUT2D eigenvalue weighted by atomic mass is 10.2. The van der Waals surface area contributed by atoms with E-state index in [1.165, 1.54) is 12.1 Å². The van der Waals surface area contributed by atoms with E-state index in [0.717, 1.165) is 16.6 Å². The molecule has 2 rings (SSSR count). The van der Waals surface area contributed by atoms with Crippen molar-refractivity contribution >= 4 is 35.0 Å². The number of aromatic nitrogens is 1.